The van der Waals surface area contributed by atoms with Crippen LogP contribution in [-0.2, 0) is 4.79 Å². The van der Waals surface area contributed by atoms with Crippen LogP contribution in [0.5, 0.6) is 5.75 Å². The second-order valence-electron chi connectivity index (χ2n) is 5.19. The molecule has 0 atom stereocenters. The predicted molar refractivity (Wildman–Crippen MR) is 93.2 cm³/mol. The van der Waals surface area contributed by atoms with E-state index in [1.807, 2.05) is 30.3 Å². The maximum Gasteiger partial charge on any atom is 0.221 e. The second kappa shape index (κ2) is 6.78. The van der Waals surface area contributed by atoms with E-state index >= 15 is 0 Å². The maximum atomic E-state index is 11.2. The maximum absolute atomic E-state index is 11.2. The molecule has 0 spiro atoms. The molecular formula is C18H16N4O2. The van der Waals surface area contributed by atoms with E-state index in [-0.39, 0.29) is 11.7 Å². The summed E-state index contributed by atoms with van der Waals surface area (Å²) in [7, 11) is 0. The molecule has 1 heterocycles. The third-order valence-corrected chi connectivity index (χ3v) is 3.26. The summed E-state index contributed by atoms with van der Waals surface area (Å²) in [6.07, 6.45) is 3.19. The number of hydrogen-bond donors (Lipinski definition) is 3. The van der Waals surface area contributed by atoms with Gasteiger partial charge in [0.1, 0.15) is 11.4 Å². The van der Waals surface area contributed by atoms with Gasteiger partial charge < -0.3 is 15.7 Å². The van der Waals surface area contributed by atoms with Crippen molar-refractivity contribution in [3.05, 3.63) is 60.9 Å². The number of carbonyl (C=O) groups excluding carboxylic acids is 1. The SMILES string of the molecule is CC(=O)Nc1cccc(-c2nccnc2Nc2cccc(O)c2)c1. The van der Waals surface area contributed by atoms with Gasteiger partial charge in [-0.15, -0.1) is 0 Å². The minimum Gasteiger partial charge on any atom is -0.508 e. The van der Waals surface area contributed by atoms with Crippen LogP contribution in [0.15, 0.2) is 60.9 Å². The number of benzene rings is 2. The Morgan fingerprint density at radius 1 is 1.00 bits per heavy atom. The molecule has 0 saturated heterocycles. The average molecular weight is 320 g/mol. The van der Waals surface area contributed by atoms with E-state index in [4.69, 9.17) is 0 Å². The number of phenolic OH excluding ortho intramolecular Hbond substituents is 1. The fourth-order valence-electron chi connectivity index (χ4n) is 2.31. The van der Waals surface area contributed by atoms with Crippen molar-refractivity contribution in [3.8, 4) is 17.0 Å². The number of aromatic nitrogens is 2. The van der Waals surface area contributed by atoms with E-state index in [1.165, 1.54) is 6.92 Å². The number of aromatic hydroxyl groups is 1. The number of rotatable bonds is 4. The van der Waals surface area contributed by atoms with Gasteiger partial charge in [0.2, 0.25) is 5.91 Å². The van der Waals surface area contributed by atoms with Gasteiger partial charge in [-0.3, -0.25) is 9.78 Å². The third-order valence-electron chi connectivity index (χ3n) is 3.26. The van der Waals surface area contributed by atoms with E-state index in [0.29, 0.717) is 22.9 Å². The first-order valence-corrected chi connectivity index (χ1v) is 7.37. The predicted octanol–water partition coefficient (Wildman–Crippen LogP) is 3.55. The molecular weight excluding hydrogens is 304 g/mol. The van der Waals surface area contributed by atoms with Gasteiger partial charge in [0.15, 0.2) is 5.82 Å². The van der Waals surface area contributed by atoms with Gasteiger partial charge >= 0.3 is 0 Å². The van der Waals surface area contributed by atoms with Gasteiger partial charge in [-0.1, -0.05) is 18.2 Å². The monoisotopic (exact) mass is 320 g/mol. The molecule has 3 rings (SSSR count). The molecule has 2 aromatic carbocycles. The van der Waals surface area contributed by atoms with Crippen LogP contribution in [-0.4, -0.2) is 21.0 Å². The topological polar surface area (TPSA) is 87.1 Å². The largest absolute Gasteiger partial charge is 0.508 e. The zero-order valence-electron chi connectivity index (χ0n) is 13.0. The van der Waals surface area contributed by atoms with Gasteiger partial charge in [-0.05, 0) is 24.3 Å². The van der Waals surface area contributed by atoms with Crippen molar-refractivity contribution in [1.29, 1.82) is 0 Å². The summed E-state index contributed by atoms with van der Waals surface area (Å²) in [5.41, 5.74) is 2.86. The molecule has 0 aliphatic heterocycles. The fourth-order valence-corrected chi connectivity index (χ4v) is 2.31. The van der Waals surface area contributed by atoms with E-state index in [2.05, 4.69) is 20.6 Å². The average Bonchev–Trinajstić information content (AvgIpc) is 2.55. The Morgan fingerprint density at radius 3 is 2.54 bits per heavy atom. The standard InChI is InChI=1S/C18H16N4O2/c1-12(23)21-14-5-2-4-13(10-14)17-18(20-9-8-19-17)22-15-6-3-7-16(24)11-15/h2-11,24H,1H3,(H,20,22)(H,21,23). The molecule has 0 aliphatic carbocycles. The Morgan fingerprint density at radius 2 is 1.75 bits per heavy atom. The van der Waals surface area contributed by atoms with Gasteiger partial charge in [-0.2, -0.15) is 0 Å². The zero-order valence-corrected chi connectivity index (χ0v) is 13.0. The summed E-state index contributed by atoms with van der Waals surface area (Å²) in [5, 5.41) is 15.5. The molecule has 6 nitrogen and oxygen atoms in total. The molecule has 0 bridgehead atoms. The normalized spacial score (nSPS) is 10.2. The van der Waals surface area contributed by atoms with Crippen molar-refractivity contribution in [2.24, 2.45) is 0 Å². The number of nitrogens with one attached hydrogen (secondary N) is 2. The second-order valence-corrected chi connectivity index (χ2v) is 5.19. The molecule has 0 radical (unpaired) electrons. The highest BCUT2D eigenvalue weighted by atomic mass is 16.3. The quantitative estimate of drug-likeness (QED) is 0.684. The summed E-state index contributed by atoms with van der Waals surface area (Å²) in [4.78, 5) is 19.9. The first kappa shape index (κ1) is 15.5. The Hall–Kier alpha value is -3.41. The molecule has 1 aromatic heterocycles. The number of hydrogen-bond acceptors (Lipinski definition) is 5. The minimum atomic E-state index is -0.135. The molecule has 0 aliphatic rings. The molecule has 0 fully saturated rings. The first-order valence-electron chi connectivity index (χ1n) is 7.37. The lowest BCUT2D eigenvalue weighted by atomic mass is 10.1. The number of carbonyl (C=O) groups is 1. The van der Waals surface area contributed by atoms with Gasteiger partial charge in [0, 0.05) is 42.3 Å². The molecule has 120 valence electrons. The van der Waals surface area contributed by atoms with E-state index in [0.717, 1.165) is 5.56 Å². The van der Waals surface area contributed by atoms with Gasteiger partial charge in [0.05, 0.1) is 0 Å². The lowest BCUT2D eigenvalue weighted by Gasteiger charge is -2.11. The molecule has 6 heteroatoms. The third kappa shape index (κ3) is 3.67. The van der Waals surface area contributed by atoms with Crippen LogP contribution in [0.1, 0.15) is 6.92 Å². The summed E-state index contributed by atoms with van der Waals surface area (Å²) < 4.78 is 0. The molecule has 24 heavy (non-hydrogen) atoms. The van der Waals surface area contributed by atoms with E-state index in [1.54, 1.807) is 30.6 Å². The smallest absolute Gasteiger partial charge is 0.221 e. The summed E-state index contributed by atoms with van der Waals surface area (Å²) in [6, 6.07) is 14.1. The summed E-state index contributed by atoms with van der Waals surface area (Å²) >= 11 is 0. The van der Waals surface area contributed by atoms with Crippen molar-refractivity contribution in [2.45, 2.75) is 6.92 Å². The van der Waals surface area contributed by atoms with Crippen LogP contribution in [0.3, 0.4) is 0 Å². The fraction of sp³-hybridized carbons (Fsp3) is 0.0556. The van der Waals surface area contributed by atoms with Crippen molar-refractivity contribution in [1.82, 2.24) is 9.97 Å². The van der Waals surface area contributed by atoms with Crippen LogP contribution in [0.2, 0.25) is 0 Å². The zero-order chi connectivity index (χ0) is 16.9. The Kier molecular flexibility index (Phi) is 4.38. The van der Waals surface area contributed by atoms with Crippen molar-refractivity contribution in [3.63, 3.8) is 0 Å². The Balaban J connectivity index is 1.96. The highest BCUT2D eigenvalue weighted by molar-refractivity contribution is 5.90. The first-order chi connectivity index (χ1) is 11.6. The molecule has 3 aromatic rings. The van der Waals surface area contributed by atoms with Crippen LogP contribution < -0.4 is 10.6 Å². The molecule has 3 N–H and O–H groups in total. The number of anilines is 3. The van der Waals surface area contributed by atoms with Crippen molar-refractivity contribution >= 4 is 23.1 Å². The lowest BCUT2D eigenvalue weighted by molar-refractivity contribution is -0.114. The summed E-state index contributed by atoms with van der Waals surface area (Å²) in [6.45, 7) is 1.46. The Bertz CT molecular complexity index is 880. The number of phenols is 1. The van der Waals surface area contributed by atoms with Crippen LogP contribution in [0, 0.1) is 0 Å². The lowest BCUT2D eigenvalue weighted by Crippen LogP contribution is -2.05. The molecule has 0 saturated carbocycles. The van der Waals surface area contributed by atoms with Crippen molar-refractivity contribution < 1.29 is 9.90 Å². The minimum absolute atomic E-state index is 0.135. The van der Waals surface area contributed by atoms with Crippen LogP contribution in [0.4, 0.5) is 17.2 Å². The number of amides is 1. The van der Waals surface area contributed by atoms with Gasteiger partial charge in [-0.25, -0.2) is 4.98 Å². The van der Waals surface area contributed by atoms with E-state index < -0.39 is 0 Å². The molecule has 0 unspecified atom stereocenters. The molecule has 1 amide bonds. The van der Waals surface area contributed by atoms with Crippen LogP contribution >= 0.6 is 0 Å². The summed E-state index contributed by atoms with van der Waals surface area (Å²) in [5.74, 6) is 0.588. The Labute approximate surface area is 139 Å². The highest BCUT2D eigenvalue weighted by Crippen LogP contribution is 2.28. The van der Waals surface area contributed by atoms with Gasteiger partial charge in [0.25, 0.3) is 0 Å². The highest BCUT2D eigenvalue weighted by Gasteiger charge is 2.09. The van der Waals surface area contributed by atoms with E-state index in [9.17, 15) is 9.90 Å². The van der Waals surface area contributed by atoms with Crippen molar-refractivity contribution in [2.75, 3.05) is 10.6 Å². The number of nitrogens with zero attached hydrogens (tertiary/aromatic N) is 2. The van der Waals surface area contributed by atoms with Crippen LogP contribution in [0.25, 0.3) is 11.3 Å².